The van der Waals surface area contributed by atoms with Crippen molar-refractivity contribution in [3.05, 3.63) is 29.8 Å². The summed E-state index contributed by atoms with van der Waals surface area (Å²) in [5, 5.41) is 2.57. The molecule has 0 bridgehead atoms. The first kappa shape index (κ1) is 12.7. The lowest BCUT2D eigenvalue weighted by molar-refractivity contribution is -0.125. The molecular formula is C10H13NO4S. The zero-order valence-electron chi connectivity index (χ0n) is 8.80. The Hall–Kier alpha value is -1.40. The first-order valence-corrected chi connectivity index (χ1v) is 6.14. The second kappa shape index (κ2) is 5.09. The molecule has 1 aliphatic heterocycles. The smallest absolute Gasteiger partial charge is 0.294 e. The van der Waals surface area contributed by atoms with Crippen molar-refractivity contribution in [3.8, 4) is 0 Å². The van der Waals surface area contributed by atoms with Crippen molar-refractivity contribution in [2.45, 2.75) is 18.2 Å². The normalized spacial score (nSPS) is 14.2. The Balaban J connectivity index is 0.000000212. The molecule has 88 valence electrons. The summed E-state index contributed by atoms with van der Waals surface area (Å²) in [6, 6.07) is 5.99. The summed E-state index contributed by atoms with van der Waals surface area (Å²) in [5.74, 6) is 0.185. The molecule has 0 radical (unpaired) electrons. The van der Waals surface area contributed by atoms with Gasteiger partial charge in [0.2, 0.25) is 5.91 Å². The molecule has 6 heteroatoms. The van der Waals surface area contributed by atoms with Gasteiger partial charge in [-0.1, -0.05) is 17.7 Å². The largest absolute Gasteiger partial charge is 0.356 e. The van der Waals surface area contributed by atoms with Crippen molar-refractivity contribution < 1.29 is 17.8 Å². The van der Waals surface area contributed by atoms with Crippen LogP contribution < -0.4 is 5.32 Å². The molecule has 1 aliphatic rings. The lowest BCUT2D eigenvalue weighted by atomic mass is 10.2. The highest BCUT2D eigenvalue weighted by Gasteiger charge is 2.07. The number of carbonyl (C=O) groups excluding carboxylic acids is 1. The topological polar surface area (TPSA) is 83.5 Å². The molecular weight excluding hydrogens is 230 g/mol. The molecule has 2 rings (SSSR count). The number of β-lactam (4-membered cyclic amide) rings is 1. The molecule has 2 N–H and O–H groups in total. The summed E-state index contributed by atoms with van der Waals surface area (Å²) in [4.78, 5) is 9.72. The first-order chi connectivity index (χ1) is 7.39. The Kier molecular flexibility index (Phi) is 4.03. The van der Waals surface area contributed by atoms with Crippen LogP contribution in [0.5, 0.6) is 0 Å². The molecule has 1 aromatic carbocycles. The SMILES string of the molecule is Cc1ccc(S(=O)(=O)O)cc1.O=C1CCN1. The van der Waals surface area contributed by atoms with Crippen LogP contribution in [0.4, 0.5) is 0 Å². The molecule has 1 amide bonds. The van der Waals surface area contributed by atoms with Gasteiger partial charge in [0.15, 0.2) is 0 Å². The van der Waals surface area contributed by atoms with Gasteiger partial charge in [0.1, 0.15) is 0 Å². The standard InChI is InChI=1S/C7H8O3S.C3H5NO/c1-6-2-4-7(5-3-6)11(8,9)10;5-3-1-2-4-3/h2-5H,1H3,(H,8,9,10);1-2H2,(H,4,5). The van der Waals surface area contributed by atoms with Crippen molar-refractivity contribution >= 4 is 16.0 Å². The van der Waals surface area contributed by atoms with Gasteiger partial charge in [0.25, 0.3) is 10.1 Å². The molecule has 0 spiro atoms. The van der Waals surface area contributed by atoms with Gasteiger partial charge in [-0.15, -0.1) is 0 Å². The number of carbonyl (C=O) groups is 1. The molecule has 1 fully saturated rings. The minimum atomic E-state index is -4.02. The summed E-state index contributed by atoms with van der Waals surface area (Å²) in [5.41, 5.74) is 0.956. The maximum atomic E-state index is 10.5. The maximum absolute atomic E-state index is 10.5. The van der Waals surface area contributed by atoms with Crippen LogP contribution in [0.15, 0.2) is 29.2 Å². The van der Waals surface area contributed by atoms with Gasteiger partial charge < -0.3 is 5.32 Å². The fourth-order valence-corrected chi connectivity index (χ4v) is 1.42. The van der Waals surface area contributed by atoms with Gasteiger partial charge in [-0.05, 0) is 19.1 Å². The van der Waals surface area contributed by atoms with Crippen molar-refractivity contribution in [1.82, 2.24) is 5.32 Å². The number of aryl methyl sites for hydroxylation is 1. The minimum absolute atomic E-state index is 0.0666. The van der Waals surface area contributed by atoms with E-state index in [1.807, 2.05) is 6.92 Å². The molecule has 1 aromatic rings. The van der Waals surface area contributed by atoms with Crippen molar-refractivity contribution in [2.75, 3.05) is 6.54 Å². The zero-order chi connectivity index (χ0) is 12.2. The summed E-state index contributed by atoms with van der Waals surface area (Å²) in [7, 11) is -4.02. The first-order valence-electron chi connectivity index (χ1n) is 4.70. The number of benzene rings is 1. The maximum Gasteiger partial charge on any atom is 0.294 e. The molecule has 0 aromatic heterocycles. The van der Waals surface area contributed by atoms with E-state index in [1.54, 1.807) is 12.1 Å². The molecule has 5 nitrogen and oxygen atoms in total. The highest BCUT2D eigenvalue weighted by atomic mass is 32.2. The van der Waals surface area contributed by atoms with Crippen molar-refractivity contribution in [1.29, 1.82) is 0 Å². The highest BCUT2D eigenvalue weighted by Crippen LogP contribution is 2.08. The lowest BCUT2D eigenvalue weighted by Crippen LogP contribution is -2.37. The van der Waals surface area contributed by atoms with Crippen LogP contribution in [0.3, 0.4) is 0 Å². The van der Waals surface area contributed by atoms with Gasteiger partial charge >= 0.3 is 0 Å². The quantitative estimate of drug-likeness (QED) is 0.563. The third-order valence-electron chi connectivity index (χ3n) is 1.99. The Morgan fingerprint density at radius 1 is 1.25 bits per heavy atom. The second-order valence-electron chi connectivity index (χ2n) is 3.39. The van der Waals surface area contributed by atoms with E-state index in [9.17, 15) is 13.2 Å². The van der Waals surface area contributed by atoms with E-state index in [2.05, 4.69) is 5.32 Å². The van der Waals surface area contributed by atoms with Gasteiger partial charge in [0.05, 0.1) is 4.90 Å². The fourth-order valence-electron chi connectivity index (χ4n) is 0.937. The molecule has 1 heterocycles. The van der Waals surface area contributed by atoms with E-state index in [4.69, 9.17) is 4.55 Å². The van der Waals surface area contributed by atoms with Crippen LogP contribution in [0.2, 0.25) is 0 Å². The van der Waals surface area contributed by atoms with Crippen LogP contribution in [0.25, 0.3) is 0 Å². The van der Waals surface area contributed by atoms with Crippen LogP contribution in [-0.4, -0.2) is 25.4 Å². The molecule has 0 atom stereocenters. The van der Waals surface area contributed by atoms with E-state index < -0.39 is 10.1 Å². The van der Waals surface area contributed by atoms with E-state index in [-0.39, 0.29) is 10.8 Å². The van der Waals surface area contributed by atoms with Crippen molar-refractivity contribution in [3.63, 3.8) is 0 Å². The molecule has 0 saturated carbocycles. The van der Waals surface area contributed by atoms with Crippen molar-refractivity contribution in [2.24, 2.45) is 0 Å². The van der Waals surface area contributed by atoms with Crippen LogP contribution in [-0.2, 0) is 14.9 Å². The highest BCUT2D eigenvalue weighted by molar-refractivity contribution is 7.85. The average molecular weight is 243 g/mol. The predicted octanol–water partition coefficient (Wildman–Crippen LogP) is 0.748. The monoisotopic (exact) mass is 243 g/mol. The molecule has 1 saturated heterocycles. The van der Waals surface area contributed by atoms with Gasteiger partial charge in [-0.25, -0.2) is 0 Å². The number of rotatable bonds is 1. The Morgan fingerprint density at radius 3 is 1.94 bits per heavy atom. The average Bonchev–Trinajstić information content (AvgIpc) is 2.15. The van der Waals surface area contributed by atoms with E-state index in [0.717, 1.165) is 18.5 Å². The van der Waals surface area contributed by atoms with Gasteiger partial charge in [0, 0.05) is 13.0 Å². The Labute approximate surface area is 94.2 Å². The number of amides is 1. The summed E-state index contributed by atoms with van der Waals surface area (Å²) < 4.78 is 29.6. The van der Waals surface area contributed by atoms with E-state index in [1.165, 1.54) is 12.1 Å². The second-order valence-corrected chi connectivity index (χ2v) is 4.81. The Bertz CT molecular complexity index is 458. The van der Waals surface area contributed by atoms with Gasteiger partial charge in [-0.2, -0.15) is 8.42 Å². The number of nitrogens with one attached hydrogen (secondary N) is 1. The Morgan fingerprint density at radius 2 is 1.69 bits per heavy atom. The van der Waals surface area contributed by atoms with Crippen LogP contribution >= 0.6 is 0 Å². The third kappa shape index (κ3) is 4.00. The van der Waals surface area contributed by atoms with Gasteiger partial charge in [-0.3, -0.25) is 9.35 Å². The summed E-state index contributed by atoms with van der Waals surface area (Å²) >= 11 is 0. The molecule has 0 unspecified atom stereocenters. The van der Waals surface area contributed by atoms with E-state index >= 15 is 0 Å². The summed E-state index contributed by atoms with van der Waals surface area (Å²) in [6.07, 6.45) is 0.736. The number of hydrogen-bond acceptors (Lipinski definition) is 3. The van der Waals surface area contributed by atoms with Crippen LogP contribution in [0, 0.1) is 6.92 Å². The zero-order valence-corrected chi connectivity index (χ0v) is 9.62. The molecule has 16 heavy (non-hydrogen) atoms. The molecule has 0 aliphatic carbocycles. The van der Waals surface area contributed by atoms with E-state index in [0.29, 0.717) is 0 Å². The summed E-state index contributed by atoms with van der Waals surface area (Å²) in [6.45, 7) is 2.73. The minimum Gasteiger partial charge on any atom is -0.356 e. The fraction of sp³-hybridized carbons (Fsp3) is 0.300. The third-order valence-corrected chi connectivity index (χ3v) is 2.86. The number of hydrogen-bond donors (Lipinski definition) is 2. The van der Waals surface area contributed by atoms with Crippen LogP contribution in [0.1, 0.15) is 12.0 Å². The lowest BCUT2D eigenvalue weighted by Gasteiger charge is -2.10. The predicted molar refractivity (Wildman–Crippen MR) is 58.6 cm³/mol.